The van der Waals surface area contributed by atoms with Crippen molar-refractivity contribution in [1.82, 2.24) is 0 Å². The molecular formula is C20H15BrO6. The van der Waals surface area contributed by atoms with Crippen LogP contribution in [0.15, 0.2) is 40.9 Å². The Morgan fingerprint density at radius 2 is 1.04 bits per heavy atom. The fourth-order valence-corrected chi connectivity index (χ4v) is 2.71. The normalized spacial score (nSPS) is 9.63. The van der Waals surface area contributed by atoms with Crippen molar-refractivity contribution >= 4 is 33.8 Å². The largest absolute Gasteiger partial charge is 0.465 e. The number of carbonyl (C=O) groups excluding carboxylic acids is 3. The van der Waals surface area contributed by atoms with Gasteiger partial charge in [-0.2, -0.15) is 0 Å². The summed E-state index contributed by atoms with van der Waals surface area (Å²) in [6.45, 7) is 0. The van der Waals surface area contributed by atoms with E-state index in [1.165, 1.54) is 39.5 Å². The monoisotopic (exact) mass is 430 g/mol. The molecular weight excluding hydrogens is 416 g/mol. The lowest BCUT2D eigenvalue weighted by molar-refractivity contribution is 0.0587. The van der Waals surface area contributed by atoms with E-state index in [9.17, 15) is 14.4 Å². The van der Waals surface area contributed by atoms with Crippen molar-refractivity contribution in [2.75, 3.05) is 21.3 Å². The highest BCUT2D eigenvalue weighted by Gasteiger charge is 2.13. The maximum absolute atomic E-state index is 11.8. The third-order valence-corrected chi connectivity index (χ3v) is 3.90. The average Bonchev–Trinajstić information content (AvgIpc) is 2.69. The number of rotatable bonds is 3. The fourth-order valence-electron chi connectivity index (χ4n) is 2.21. The van der Waals surface area contributed by atoms with Crippen LogP contribution in [0.2, 0.25) is 0 Å². The van der Waals surface area contributed by atoms with Crippen LogP contribution in [-0.2, 0) is 14.2 Å². The number of ether oxygens (including phenoxy) is 3. The van der Waals surface area contributed by atoms with Crippen LogP contribution in [0, 0.1) is 11.8 Å². The van der Waals surface area contributed by atoms with Gasteiger partial charge in [0.1, 0.15) is 0 Å². The van der Waals surface area contributed by atoms with Gasteiger partial charge in [-0.05, 0) is 36.4 Å². The zero-order valence-corrected chi connectivity index (χ0v) is 16.4. The smallest absolute Gasteiger partial charge is 0.337 e. The first-order valence-electron chi connectivity index (χ1n) is 7.60. The summed E-state index contributed by atoms with van der Waals surface area (Å²) in [5.41, 5.74) is 1.66. The molecule has 0 aromatic heterocycles. The molecule has 138 valence electrons. The molecule has 0 spiro atoms. The highest BCUT2D eigenvalue weighted by Crippen LogP contribution is 2.17. The lowest BCUT2D eigenvalue weighted by atomic mass is 10.0. The van der Waals surface area contributed by atoms with Gasteiger partial charge in [0.05, 0.1) is 38.0 Å². The zero-order valence-electron chi connectivity index (χ0n) is 14.8. The number of halogens is 1. The van der Waals surface area contributed by atoms with E-state index in [1.54, 1.807) is 18.2 Å². The van der Waals surface area contributed by atoms with Gasteiger partial charge >= 0.3 is 17.9 Å². The van der Waals surface area contributed by atoms with Crippen molar-refractivity contribution in [3.63, 3.8) is 0 Å². The predicted octanol–water partition coefficient (Wildman–Crippen LogP) is 3.21. The number of hydrogen-bond acceptors (Lipinski definition) is 6. The van der Waals surface area contributed by atoms with Gasteiger partial charge in [-0.3, -0.25) is 0 Å². The first-order valence-corrected chi connectivity index (χ1v) is 8.40. The second-order valence-electron chi connectivity index (χ2n) is 5.25. The molecule has 0 saturated carbocycles. The van der Waals surface area contributed by atoms with E-state index < -0.39 is 17.9 Å². The number of methoxy groups -OCH3 is 3. The number of esters is 3. The van der Waals surface area contributed by atoms with Crippen LogP contribution in [0.1, 0.15) is 42.2 Å². The van der Waals surface area contributed by atoms with Crippen molar-refractivity contribution in [1.29, 1.82) is 0 Å². The Labute approximate surface area is 164 Å². The summed E-state index contributed by atoms with van der Waals surface area (Å²) in [6.07, 6.45) is 0. The third kappa shape index (κ3) is 5.19. The Morgan fingerprint density at radius 3 is 1.44 bits per heavy atom. The van der Waals surface area contributed by atoms with Gasteiger partial charge in [0.15, 0.2) is 0 Å². The molecule has 0 unspecified atom stereocenters. The van der Waals surface area contributed by atoms with Crippen LogP contribution in [0.25, 0.3) is 0 Å². The van der Waals surface area contributed by atoms with E-state index in [2.05, 4.69) is 27.8 Å². The molecule has 0 aliphatic rings. The Kier molecular flexibility index (Phi) is 6.74. The molecule has 0 aliphatic carbocycles. The molecule has 2 aromatic rings. The second-order valence-corrected chi connectivity index (χ2v) is 6.17. The van der Waals surface area contributed by atoms with Crippen molar-refractivity contribution in [3.8, 4) is 11.8 Å². The maximum Gasteiger partial charge on any atom is 0.337 e. The second kappa shape index (κ2) is 9.01. The van der Waals surface area contributed by atoms with Gasteiger partial charge in [-0.15, -0.1) is 0 Å². The number of carbonyl (C=O) groups is 3. The minimum absolute atomic E-state index is 0.175. The van der Waals surface area contributed by atoms with Gasteiger partial charge in [0.25, 0.3) is 0 Å². The van der Waals surface area contributed by atoms with E-state index in [1.807, 2.05) is 0 Å². The molecule has 0 aliphatic heterocycles. The molecule has 0 amide bonds. The maximum atomic E-state index is 11.8. The molecule has 0 N–H and O–H groups in total. The van der Waals surface area contributed by atoms with Crippen molar-refractivity contribution in [2.24, 2.45) is 0 Å². The highest BCUT2D eigenvalue weighted by atomic mass is 79.9. The van der Waals surface area contributed by atoms with Crippen LogP contribution < -0.4 is 0 Å². The van der Waals surface area contributed by atoms with E-state index in [4.69, 9.17) is 14.2 Å². The fraction of sp³-hybridized carbons (Fsp3) is 0.150. The van der Waals surface area contributed by atoms with Crippen molar-refractivity contribution in [2.45, 2.75) is 0 Å². The molecule has 0 saturated heterocycles. The van der Waals surface area contributed by atoms with Crippen LogP contribution in [-0.4, -0.2) is 39.2 Å². The van der Waals surface area contributed by atoms with Crippen LogP contribution in [0.3, 0.4) is 0 Å². The van der Waals surface area contributed by atoms with Crippen LogP contribution in [0.4, 0.5) is 0 Å². The van der Waals surface area contributed by atoms with Gasteiger partial charge in [0.2, 0.25) is 0 Å². The lowest BCUT2D eigenvalue weighted by Crippen LogP contribution is -2.07. The molecule has 2 aromatic carbocycles. The minimum atomic E-state index is -0.598. The predicted molar refractivity (Wildman–Crippen MR) is 101 cm³/mol. The van der Waals surface area contributed by atoms with E-state index in [-0.39, 0.29) is 11.1 Å². The lowest BCUT2D eigenvalue weighted by Gasteiger charge is -2.04. The van der Waals surface area contributed by atoms with E-state index in [0.29, 0.717) is 21.2 Å². The van der Waals surface area contributed by atoms with Crippen LogP contribution >= 0.6 is 15.9 Å². The summed E-state index contributed by atoms with van der Waals surface area (Å²) in [7, 11) is 3.78. The van der Waals surface area contributed by atoms with Crippen molar-refractivity contribution < 1.29 is 28.6 Å². The summed E-state index contributed by atoms with van der Waals surface area (Å²) in [5.74, 6) is 4.09. The summed E-state index contributed by atoms with van der Waals surface area (Å²) < 4.78 is 14.8. The first-order chi connectivity index (χ1) is 12.9. The molecule has 2 rings (SSSR count). The van der Waals surface area contributed by atoms with Crippen LogP contribution in [0.5, 0.6) is 0 Å². The Morgan fingerprint density at radius 1 is 0.667 bits per heavy atom. The highest BCUT2D eigenvalue weighted by molar-refractivity contribution is 9.10. The zero-order chi connectivity index (χ0) is 20.0. The molecule has 27 heavy (non-hydrogen) atoms. The molecule has 0 radical (unpaired) electrons. The third-order valence-electron chi connectivity index (χ3n) is 3.45. The van der Waals surface area contributed by atoms with E-state index in [0.717, 1.165) is 0 Å². The van der Waals surface area contributed by atoms with Gasteiger partial charge in [-0.1, -0.05) is 27.8 Å². The SMILES string of the molecule is COC(=O)c1cc(Br)cc(C#Cc2cc(C(=O)OC)cc(C(=O)OC)c2)c1. The van der Waals surface area contributed by atoms with E-state index >= 15 is 0 Å². The number of benzene rings is 2. The Balaban J connectivity index is 2.49. The van der Waals surface area contributed by atoms with Gasteiger partial charge in [-0.25, -0.2) is 14.4 Å². The summed E-state index contributed by atoms with van der Waals surface area (Å²) in [4.78, 5) is 35.3. The molecule has 0 fully saturated rings. The summed E-state index contributed by atoms with van der Waals surface area (Å²) in [5, 5.41) is 0. The first kappa shape index (κ1) is 20.2. The standard InChI is InChI=1S/C20H15BrO6/c1-25-18(22)14-6-12(7-15(10-14)19(23)26-2)4-5-13-8-16(20(24)27-3)11-17(21)9-13/h6-11H,1-3H3. The minimum Gasteiger partial charge on any atom is -0.465 e. The quantitative estimate of drug-likeness (QED) is 0.422. The summed E-state index contributed by atoms with van der Waals surface area (Å²) >= 11 is 3.32. The van der Waals surface area contributed by atoms with Crippen molar-refractivity contribution in [3.05, 3.63) is 68.7 Å². The van der Waals surface area contributed by atoms with Gasteiger partial charge < -0.3 is 14.2 Å². The van der Waals surface area contributed by atoms with Gasteiger partial charge in [0, 0.05) is 15.6 Å². The molecule has 6 nitrogen and oxygen atoms in total. The molecule has 7 heteroatoms. The topological polar surface area (TPSA) is 78.9 Å². The molecule has 0 atom stereocenters. The molecule has 0 heterocycles. The number of hydrogen-bond donors (Lipinski definition) is 0. The summed E-state index contributed by atoms with van der Waals surface area (Å²) in [6, 6.07) is 9.30. The Hall–Kier alpha value is -3.11. The average molecular weight is 431 g/mol. The molecule has 0 bridgehead atoms. The Bertz CT molecular complexity index is 934.